The molecule has 7 nitrogen and oxygen atoms in total. The van der Waals surface area contributed by atoms with E-state index in [1.54, 1.807) is 32.1 Å². The SMILES string of the molecule is CC1=C(C#N)c2nc(N)c(C#N)c(C)c2C1=Cc1ccc(-c2cc(C(=O)O)ccc2Cl)o1. The first-order valence-electron chi connectivity index (χ1n) is 9.43. The number of hydrogen-bond donors (Lipinski definition) is 2. The number of carbonyl (C=O) groups is 1. The van der Waals surface area contributed by atoms with Gasteiger partial charge in [0.05, 0.1) is 27.4 Å². The summed E-state index contributed by atoms with van der Waals surface area (Å²) in [4.78, 5) is 15.6. The smallest absolute Gasteiger partial charge is 0.335 e. The summed E-state index contributed by atoms with van der Waals surface area (Å²) in [7, 11) is 0. The Morgan fingerprint density at radius 3 is 2.62 bits per heavy atom. The van der Waals surface area contributed by atoms with Crippen LogP contribution in [0.1, 0.15) is 45.4 Å². The van der Waals surface area contributed by atoms with E-state index in [4.69, 9.17) is 21.8 Å². The van der Waals surface area contributed by atoms with Crippen LogP contribution in [-0.2, 0) is 0 Å². The number of furan rings is 1. The van der Waals surface area contributed by atoms with Crippen molar-refractivity contribution in [2.75, 3.05) is 5.73 Å². The standard InChI is InChI=1S/C24H15ClN4O3/c1-11-15(21-12(2)18(10-27)23(28)29-22(21)17(11)9-26)8-14-4-6-20(32-14)16-7-13(24(30)31)3-5-19(16)25/h3-8H,1-2H3,(H2,28,29)(H,30,31). The van der Waals surface area contributed by atoms with Gasteiger partial charge in [-0.15, -0.1) is 0 Å². The van der Waals surface area contributed by atoms with Gasteiger partial charge in [-0.1, -0.05) is 11.6 Å². The molecule has 3 aromatic rings. The minimum Gasteiger partial charge on any atom is -0.478 e. The van der Waals surface area contributed by atoms with Gasteiger partial charge >= 0.3 is 5.97 Å². The van der Waals surface area contributed by atoms with Crippen molar-refractivity contribution in [2.45, 2.75) is 13.8 Å². The van der Waals surface area contributed by atoms with E-state index in [2.05, 4.69) is 17.1 Å². The number of benzene rings is 1. The Labute approximate surface area is 188 Å². The van der Waals surface area contributed by atoms with Crippen molar-refractivity contribution in [3.8, 4) is 23.5 Å². The minimum atomic E-state index is -1.07. The van der Waals surface area contributed by atoms with Gasteiger partial charge in [0.25, 0.3) is 0 Å². The summed E-state index contributed by atoms with van der Waals surface area (Å²) in [6.07, 6.45) is 1.75. The number of allylic oxidation sites excluding steroid dienone is 3. The predicted molar refractivity (Wildman–Crippen MR) is 120 cm³/mol. The lowest BCUT2D eigenvalue weighted by Gasteiger charge is -2.10. The van der Waals surface area contributed by atoms with Crippen molar-refractivity contribution >= 4 is 40.6 Å². The van der Waals surface area contributed by atoms with Crippen molar-refractivity contribution in [2.24, 2.45) is 0 Å². The second-order valence-corrected chi connectivity index (χ2v) is 7.61. The largest absolute Gasteiger partial charge is 0.478 e. The summed E-state index contributed by atoms with van der Waals surface area (Å²) in [6.45, 7) is 3.56. The number of carboxylic acids is 1. The number of anilines is 1. The molecule has 1 aromatic carbocycles. The molecule has 4 rings (SSSR count). The fraction of sp³-hybridized carbons (Fsp3) is 0.0833. The molecule has 1 aliphatic rings. The molecule has 0 unspecified atom stereocenters. The van der Waals surface area contributed by atoms with Gasteiger partial charge in [-0.25, -0.2) is 9.78 Å². The van der Waals surface area contributed by atoms with Crippen molar-refractivity contribution in [3.05, 3.63) is 74.6 Å². The van der Waals surface area contributed by atoms with E-state index in [9.17, 15) is 20.4 Å². The van der Waals surface area contributed by atoms with Gasteiger partial charge in [-0.05, 0) is 67.0 Å². The highest BCUT2D eigenvalue weighted by molar-refractivity contribution is 6.33. The Morgan fingerprint density at radius 2 is 1.97 bits per heavy atom. The molecule has 1 aliphatic carbocycles. The zero-order chi connectivity index (χ0) is 23.2. The lowest BCUT2D eigenvalue weighted by atomic mass is 9.96. The summed E-state index contributed by atoms with van der Waals surface area (Å²) >= 11 is 6.25. The van der Waals surface area contributed by atoms with Crippen molar-refractivity contribution in [1.29, 1.82) is 10.5 Å². The number of carboxylic acid groups (broad SMARTS) is 1. The second-order valence-electron chi connectivity index (χ2n) is 7.20. The van der Waals surface area contributed by atoms with Gasteiger partial charge in [0.1, 0.15) is 29.5 Å². The van der Waals surface area contributed by atoms with Gasteiger partial charge in [0.15, 0.2) is 0 Å². The van der Waals surface area contributed by atoms with E-state index in [-0.39, 0.29) is 16.9 Å². The fourth-order valence-electron chi connectivity index (χ4n) is 3.76. The quantitative estimate of drug-likeness (QED) is 0.560. The van der Waals surface area contributed by atoms with E-state index in [1.165, 1.54) is 18.2 Å². The van der Waals surface area contributed by atoms with E-state index < -0.39 is 5.97 Å². The molecule has 2 heterocycles. The average molecular weight is 443 g/mol. The third-order valence-electron chi connectivity index (χ3n) is 5.38. The number of nitrogens with two attached hydrogens (primary N) is 1. The molecule has 0 radical (unpaired) electrons. The van der Waals surface area contributed by atoms with Crippen LogP contribution in [0.25, 0.3) is 28.5 Å². The number of pyridine rings is 1. The molecule has 0 saturated heterocycles. The number of hydrogen-bond acceptors (Lipinski definition) is 6. The first-order valence-corrected chi connectivity index (χ1v) is 9.81. The molecule has 3 N–H and O–H groups in total. The molecule has 0 atom stereocenters. The summed E-state index contributed by atoms with van der Waals surface area (Å²) in [5, 5.41) is 28.7. The molecule has 0 spiro atoms. The second kappa shape index (κ2) is 7.73. The van der Waals surface area contributed by atoms with E-state index in [1.807, 2.05) is 0 Å². The first kappa shape index (κ1) is 20.9. The molecule has 2 aromatic heterocycles. The van der Waals surface area contributed by atoms with Crippen LogP contribution in [0.2, 0.25) is 5.02 Å². The first-order chi connectivity index (χ1) is 15.3. The summed E-state index contributed by atoms with van der Waals surface area (Å²) in [5.74, 6) is -0.125. The number of rotatable bonds is 3. The van der Waals surface area contributed by atoms with Crippen LogP contribution in [0.5, 0.6) is 0 Å². The van der Waals surface area contributed by atoms with Gasteiger partial charge in [-0.3, -0.25) is 0 Å². The van der Waals surface area contributed by atoms with Gasteiger partial charge in [0, 0.05) is 11.1 Å². The maximum absolute atomic E-state index is 11.3. The highest BCUT2D eigenvalue weighted by atomic mass is 35.5. The minimum absolute atomic E-state index is 0.0822. The normalized spacial score (nSPS) is 13.7. The predicted octanol–water partition coefficient (Wildman–Crippen LogP) is 5.31. The lowest BCUT2D eigenvalue weighted by Crippen LogP contribution is -2.03. The Bertz CT molecular complexity index is 1470. The van der Waals surface area contributed by atoms with Gasteiger partial charge < -0.3 is 15.3 Å². The molecule has 0 fully saturated rings. The fourth-order valence-corrected chi connectivity index (χ4v) is 3.97. The average Bonchev–Trinajstić information content (AvgIpc) is 3.31. The molecular weight excluding hydrogens is 428 g/mol. The maximum atomic E-state index is 11.3. The number of halogens is 1. The molecule has 0 saturated carbocycles. The van der Waals surface area contributed by atoms with E-state index in [0.29, 0.717) is 55.6 Å². The van der Waals surface area contributed by atoms with Crippen LogP contribution in [0, 0.1) is 29.6 Å². The zero-order valence-corrected chi connectivity index (χ0v) is 17.8. The van der Waals surface area contributed by atoms with E-state index in [0.717, 1.165) is 0 Å². The Hall–Kier alpha value is -4.33. The van der Waals surface area contributed by atoms with Crippen LogP contribution in [0.15, 0.2) is 40.3 Å². The van der Waals surface area contributed by atoms with Gasteiger partial charge in [-0.2, -0.15) is 10.5 Å². The lowest BCUT2D eigenvalue weighted by molar-refractivity contribution is 0.0697. The van der Waals surface area contributed by atoms with E-state index >= 15 is 0 Å². The molecular formula is C24H15ClN4O3. The van der Waals surface area contributed by atoms with Crippen molar-refractivity contribution < 1.29 is 14.3 Å². The van der Waals surface area contributed by atoms with Crippen LogP contribution >= 0.6 is 11.6 Å². The van der Waals surface area contributed by atoms with Gasteiger partial charge in [0.2, 0.25) is 0 Å². The highest BCUT2D eigenvalue weighted by Gasteiger charge is 2.30. The molecule has 32 heavy (non-hydrogen) atoms. The Balaban J connectivity index is 1.86. The Kier molecular flexibility index (Phi) is 5.06. The van der Waals surface area contributed by atoms with Crippen LogP contribution < -0.4 is 5.73 Å². The monoisotopic (exact) mass is 442 g/mol. The maximum Gasteiger partial charge on any atom is 0.335 e. The number of aromatic nitrogens is 1. The summed E-state index contributed by atoms with van der Waals surface area (Å²) in [5.41, 5.74) is 10.2. The highest BCUT2D eigenvalue weighted by Crippen LogP contribution is 2.44. The third-order valence-corrected chi connectivity index (χ3v) is 5.71. The zero-order valence-electron chi connectivity index (χ0n) is 17.0. The summed E-state index contributed by atoms with van der Waals surface area (Å²) in [6, 6.07) is 12.0. The molecule has 0 amide bonds. The number of nitrogen functional groups attached to an aromatic ring is 1. The number of nitriles is 2. The number of nitrogens with zero attached hydrogens (tertiary/aromatic N) is 3. The molecule has 156 valence electrons. The third kappa shape index (κ3) is 3.22. The number of fused-ring (bicyclic) bond motifs is 1. The van der Waals surface area contributed by atoms with Crippen LogP contribution in [0.3, 0.4) is 0 Å². The van der Waals surface area contributed by atoms with Crippen LogP contribution in [0.4, 0.5) is 5.82 Å². The van der Waals surface area contributed by atoms with Crippen LogP contribution in [-0.4, -0.2) is 16.1 Å². The molecule has 8 heteroatoms. The molecule has 0 bridgehead atoms. The van der Waals surface area contributed by atoms with Crippen molar-refractivity contribution in [1.82, 2.24) is 4.98 Å². The summed E-state index contributed by atoms with van der Waals surface area (Å²) < 4.78 is 5.93. The number of aromatic carboxylic acids is 1. The molecule has 0 aliphatic heterocycles. The topological polar surface area (TPSA) is 137 Å². The van der Waals surface area contributed by atoms with Crippen molar-refractivity contribution in [3.63, 3.8) is 0 Å². The Morgan fingerprint density at radius 1 is 1.22 bits per heavy atom.